The molecule has 5 heteroatoms. The fourth-order valence-corrected chi connectivity index (χ4v) is 1.72. The first-order valence-corrected chi connectivity index (χ1v) is 5.50. The molecular formula is C13H12N2O3. The van der Waals surface area contributed by atoms with E-state index >= 15 is 0 Å². The summed E-state index contributed by atoms with van der Waals surface area (Å²) in [5.41, 5.74) is 0.386. The highest BCUT2D eigenvalue weighted by Crippen LogP contribution is 2.18. The lowest BCUT2D eigenvalue weighted by Crippen LogP contribution is -2.19. The van der Waals surface area contributed by atoms with Gasteiger partial charge in [-0.05, 0) is 18.4 Å². The predicted octanol–water partition coefficient (Wildman–Crippen LogP) is 1.98. The molecule has 1 N–H and O–H groups in total. The van der Waals surface area contributed by atoms with E-state index in [2.05, 4.69) is 10.1 Å². The van der Waals surface area contributed by atoms with E-state index in [1.165, 1.54) is 0 Å². The lowest BCUT2D eigenvalue weighted by molar-refractivity contribution is -0.135. The van der Waals surface area contributed by atoms with Crippen molar-refractivity contribution in [1.82, 2.24) is 4.98 Å². The minimum Gasteiger partial charge on any atom is -0.461 e. The van der Waals surface area contributed by atoms with Crippen LogP contribution in [0.4, 0.5) is 0 Å². The SMILES string of the molecule is CCOC(=O)C(=NO)c1cccc2ccncc12. The maximum atomic E-state index is 11.7. The van der Waals surface area contributed by atoms with Crippen molar-refractivity contribution in [3.8, 4) is 0 Å². The van der Waals surface area contributed by atoms with Crippen LogP contribution in [-0.2, 0) is 9.53 Å². The van der Waals surface area contributed by atoms with Crippen LogP contribution in [0.15, 0.2) is 41.8 Å². The Labute approximate surface area is 104 Å². The number of carbonyl (C=O) groups excluding carboxylic acids is 1. The molecule has 0 spiro atoms. The third-order valence-electron chi connectivity index (χ3n) is 2.51. The van der Waals surface area contributed by atoms with E-state index < -0.39 is 5.97 Å². The molecule has 0 unspecified atom stereocenters. The van der Waals surface area contributed by atoms with Crippen LogP contribution >= 0.6 is 0 Å². The number of esters is 1. The normalized spacial score (nSPS) is 11.5. The predicted molar refractivity (Wildman–Crippen MR) is 66.7 cm³/mol. The van der Waals surface area contributed by atoms with Gasteiger partial charge in [-0.3, -0.25) is 4.98 Å². The molecule has 5 nitrogen and oxygen atoms in total. The summed E-state index contributed by atoms with van der Waals surface area (Å²) in [6.45, 7) is 1.92. The first-order chi connectivity index (χ1) is 8.77. The molecule has 0 saturated carbocycles. The van der Waals surface area contributed by atoms with Crippen LogP contribution in [0.1, 0.15) is 12.5 Å². The van der Waals surface area contributed by atoms with E-state index in [0.717, 1.165) is 10.8 Å². The van der Waals surface area contributed by atoms with Crippen LogP contribution < -0.4 is 0 Å². The first kappa shape index (κ1) is 12.0. The van der Waals surface area contributed by atoms with Crippen LogP contribution in [0.5, 0.6) is 0 Å². The number of nitrogens with zero attached hydrogens (tertiary/aromatic N) is 2. The van der Waals surface area contributed by atoms with Gasteiger partial charge in [-0.2, -0.15) is 0 Å². The molecule has 1 heterocycles. The summed E-state index contributed by atoms with van der Waals surface area (Å²) in [7, 11) is 0. The number of rotatable bonds is 3. The van der Waals surface area contributed by atoms with Crippen molar-refractivity contribution >= 4 is 22.5 Å². The van der Waals surface area contributed by atoms with Gasteiger partial charge in [0, 0.05) is 23.3 Å². The molecule has 0 aliphatic rings. The fraction of sp³-hybridized carbons (Fsp3) is 0.154. The van der Waals surface area contributed by atoms with E-state index in [0.29, 0.717) is 5.56 Å². The van der Waals surface area contributed by atoms with Crippen molar-refractivity contribution in [3.05, 3.63) is 42.2 Å². The number of benzene rings is 1. The highest BCUT2D eigenvalue weighted by molar-refractivity contribution is 6.45. The highest BCUT2D eigenvalue weighted by Gasteiger charge is 2.18. The largest absolute Gasteiger partial charge is 0.461 e. The zero-order chi connectivity index (χ0) is 13.0. The third kappa shape index (κ3) is 2.15. The molecule has 2 aromatic rings. The van der Waals surface area contributed by atoms with Gasteiger partial charge in [-0.15, -0.1) is 0 Å². The average Bonchev–Trinajstić information content (AvgIpc) is 2.40. The second-order valence-corrected chi connectivity index (χ2v) is 3.57. The molecule has 0 aliphatic heterocycles. The summed E-state index contributed by atoms with van der Waals surface area (Å²) in [6.07, 6.45) is 3.28. The van der Waals surface area contributed by atoms with Gasteiger partial charge < -0.3 is 9.94 Å². The van der Waals surface area contributed by atoms with Crippen LogP contribution in [0.25, 0.3) is 10.8 Å². The van der Waals surface area contributed by atoms with Crippen molar-refractivity contribution < 1.29 is 14.7 Å². The van der Waals surface area contributed by atoms with Gasteiger partial charge in [0.25, 0.3) is 0 Å². The summed E-state index contributed by atoms with van der Waals surface area (Å²) in [5, 5.41) is 13.7. The Kier molecular flexibility index (Phi) is 3.52. The van der Waals surface area contributed by atoms with E-state index in [-0.39, 0.29) is 12.3 Å². The van der Waals surface area contributed by atoms with Crippen LogP contribution in [0.3, 0.4) is 0 Å². The molecule has 0 saturated heterocycles. The monoisotopic (exact) mass is 244 g/mol. The number of hydrogen-bond donors (Lipinski definition) is 1. The van der Waals surface area contributed by atoms with E-state index in [9.17, 15) is 4.79 Å². The number of hydrogen-bond acceptors (Lipinski definition) is 5. The molecule has 0 amide bonds. The number of aromatic nitrogens is 1. The minimum absolute atomic E-state index is 0.115. The second kappa shape index (κ2) is 5.27. The number of oxime groups is 1. The summed E-state index contributed by atoms with van der Waals surface area (Å²) in [6, 6.07) is 7.18. The zero-order valence-corrected chi connectivity index (χ0v) is 9.83. The fourth-order valence-electron chi connectivity index (χ4n) is 1.72. The lowest BCUT2D eigenvalue weighted by Gasteiger charge is -2.07. The van der Waals surface area contributed by atoms with Gasteiger partial charge in [0.15, 0.2) is 5.71 Å². The summed E-state index contributed by atoms with van der Waals surface area (Å²) >= 11 is 0. The molecule has 0 bridgehead atoms. The Morgan fingerprint density at radius 1 is 1.44 bits per heavy atom. The van der Waals surface area contributed by atoms with Crippen molar-refractivity contribution in [2.45, 2.75) is 6.92 Å². The Morgan fingerprint density at radius 3 is 3.00 bits per heavy atom. The molecule has 0 atom stereocenters. The van der Waals surface area contributed by atoms with Gasteiger partial charge in [-0.1, -0.05) is 23.4 Å². The number of carbonyl (C=O) groups is 1. The molecule has 18 heavy (non-hydrogen) atoms. The van der Waals surface area contributed by atoms with Gasteiger partial charge in [0.1, 0.15) is 0 Å². The quantitative estimate of drug-likeness (QED) is 0.388. The molecule has 1 aromatic heterocycles. The summed E-state index contributed by atoms with van der Waals surface area (Å²) in [5.74, 6) is -0.656. The number of fused-ring (bicyclic) bond motifs is 1. The third-order valence-corrected chi connectivity index (χ3v) is 2.51. The molecule has 2 rings (SSSR count). The number of ether oxygens (including phenoxy) is 1. The van der Waals surface area contributed by atoms with E-state index in [4.69, 9.17) is 9.94 Å². The van der Waals surface area contributed by atoms with Gasteiger partial charge >= 0.3 is 5.97 Å². The second-order valence-electron chi connectivity index (χ2n) is 3.57. The smallest absolute Gasteiger partial charge is 0.361 e. The topological polar surface area (TPSA) is 71.8 Å². The first-order valence-electron chi connectivity index (χ1n) is 5.50. The van der Waals surface area contributed by atoms with Crippen molar-refractivity contribution in [3.63, 3.8) is 0 Å². The van der Waals surface area contributed by atoms with Crippen LogP contribution in [-0.4, -0.2) is 28.5 Å². The van der Waals surface area contributed by atoms with Crippen LogP contribution in [0, 0.1) is 0 Å². The Morgan fingerprint density at radius 2 is 2.28 bits per heavy atom. The molecule has 0 aliphatic carbocycles. The lowest BCUT2D eigenvalue weighted by atomic mass is 10.0. The number of pyridine rings is 1. The zero-order valence-electron chi connectivity index (χ0n) is 9.83. The van der Waals surface area contributed by atoms with Gasteiger partial charge in [0.2, 0.25) is 0 Å². The Balaban J connectivity index is 2.56. The molecular weight excluding hydrogens is 232 g/mol. The van der Waals surface area contributed by atoms with Crippen molar-refractivity contribution in [2.75, 3.05) is 6.61 Å². The van der Waals surface area contributed by atoms with E-state index in [1.54, 1.807) is 31.5 Å². The highest BCUT2D eigenvalue weighted by atomic mass is 16.5. The average molecular weight is 244 g/mol. The summed E-state index contributed by atoms with van der Waals surface area (Å²) < 4.78 is 4.85. The molecule has 1 aromatic carbocycles. The summed E-state index contributed by atoms with van der Waals surface area (Å²) in [4.78, 5) is 15.7. The molecule has 92 valence electrons. The van der Waals surface area contributed by atoms with Crippen LogP contribution in [0.2, 0.25) is 0 Å². The Bertz CT molecular complexity index is 603. The van der Waals surface area contributed by atoms with Crippen molar-refractivity contribution in [2.24, 2.45) is 5.16 Å². The van der Waals surface area contributed by atoms with E-state index in [1.807, 2.05) is 12.1 Å². The maximum Gasteiger partial charge on any atom is 0.361 e. The van der Waals surface area contributed by atoms with Gasteiger partial charge in [-0.25, -0.2) is 4.79 Å². The Hall–Kier alpha value is -2.43. The minimum atomic E-state index is -0.656. The standard InChI is InChI=1S/C13H12N2O3/c1-2-18-13(16)12(15-17)10-5-3-4-9-6-7-14-8-11(9)10/h3-8,17H,2H2,1H3. The maximum absolute atomic E-state index is 11.7. The molecule has 0 fully saturated rings. The van der Waals surface area contributed by atoms with Crippen molar-refractivity contribution in [1.29, 1.82) is 0 Å². The molecule has 0 radical (unpaired) electrons. The van der Waals surface area contributed by atoms with Gasteiger partial charge in [0.05, 0.1) is 6.61 Å².